The summed E-state index contributed by atoms with van der Waals surface area (Å²) < 4.78 is 37.0. The number of rotatable bonds is 1. The van der Waals surface area contributed by atoms with Crippen LogP contribution in [0.4, 0.5) is 19.0 Å². The summed E-state index contributed by atoms with van der Waals surface area (Å²) in [5.74, 6) is -1.03. The largest absolute Gasteiger partial charge is 0.383 e. The van der Waals surface area contributed by atoms with Crippen LogP contribution >= 0.6 is 0 Å². The number of nitrogens with zero attached hydrogens (tertiary/aromatic N) is 1. The van der Waals surface area contributed by atoms with Gasteiger partial charge in [-0.05, 0) is 6.92 Å². The molecule has 0 bridgehead atoms. The Balaban J connectivity index is 3.27. The average Bonchev–Trinajstić information content (AvgIpc) is 2.00. The predicted molar refractivity (Wildman–Crippen MR) is 38.3 cm³/mol. The molecule has 66 valence electrons. The van der Waals surface area contributed by atoms with E-state index in [2.05, 4.69) is 4.98 Å². The van der Waals surface area contributed by atoms with Gasteiger partial charge in [0.15, 0.2) is 0 Å². The van der Waals surface area contributed by atoms with E-state index in [1.165, 1.54) is 6.92 Å². The zero-order chi connectivity index (χ0) is 9.30. The van der Waals surface area contributed by atoms with Crippen molar-refractivity contribution in [1.29, 1.82) is 0 Å². The highest BCUT2D eigenvalue weighted by atomic mass is 19.3. The van der Waals surface area contributed by atoms with Crippen molar-refractivity contribution in [2.75, 3.05) is 5.73 Å². The summed E-state index contributed by atoms with van der Waals surface area (Å²) in [4.78, 5) is 3.42. The first-order chi connectivity index (χ1) is 5.54. The third-order valence-corrected chi connectivity index (χ3v) is 1.54. The van der Waals surface area contributed by atoms with E-state index in [1.54, 1.807) is 0 Å². The Labute approximate surface area is 67.2 Å². The highest BCUT2D eigenvalue weighted by molar-refractivity contribution is 5.41. The Morgan fingerprint density at radius 2 is 2.08 bits per heavy atom. The van der Waals surface area contributed by atoms with Crippen LogP contribution in [0.25, 0.3) is 0 Å². The predicted octanol–water partition coefficient (Wildman–Crippen LogP) is 2.05. The SMILES string of the molecule is Cc1c(N)ncc(C(F)F)c1F. The molecule has 0 amide bonds. The van der Waals surface area contributed by atoms with Gasteiger partial charge >= 0.3 is 0 Å². The van der Waals surface area contributed by atoms with Crippen molar-refractivity contribution in [2.45, 2.75) is 13.3 Å². The van der Waals surface area contributed by atoms with E-state index in [-0.39, 0.29) is 11.4 Å². The molecular weight excluding hydrogens is 169 g/mol. The third kappa shape index (κ3) is 1.34. The number of hydrogen-bond acceptors (Lipinski definition) is 2. The molecule has 0 spiro atoms. The average molecular weight is 176 g/mol. The zero-order valence-electron chi connectivity index (χ0n) is 6.31. The van der Waals surface area contributed by atoms with E-state index in [9.17, 15) is 13.2 Å². The lowest BCUT2D eigenvalue weighted by molar-refractivity contribution is 0.145. The van der Waals surface area contributed by atoms with Crippen LogP contribution in [0.1, 0.15) is 17.6 Å². The van der Waals surface area contributed by atoms with Gasteiger partial charge in [0.25, 0.3) is 6.43 Å². The van der Waals surface area contributed by atoms with E-state index in [0.29, 0.717) is 0 Å². The van der Waals surface area contributed by atoms with Crippen molar-refractivity contribution >= 4 is 5.82 Å². The highest BCUT2D eigenvalue weighted by Gasteiger charge is 2.16. The molecule has 12 heavy (non-hydrogen) atoms. The standard InChI is InChI=1S/C7H7F3N2/c1-3-5(8)4(6(9)10)2-12-7(3)11/h2,6H,1H3,(H2,11,12). The minimum atomic E-state index is -2.85. The lowest BCUT2D eigenvalue weighted by Gasteiger charge is -2.05. The van der Waals surface area contributed by atoms with Gasteiger partial charge in [-0.2, -0.15) is 0 Å². The van der Waals surface area contributed by atoms with Gasteiger partial charge in [0.1, 0.15) is 11.6 Å². The van der Waals surface area contributed by atoms with Crippen molar-refractivity contribution in [3.63, 3.8) is 0 Å². The highest BCUT2D eigenvalue weighted by Crippen LogP contribution is 2.24. The molecule has 0 aliphatic carbocycles. The Morgan fingerprint density at radius 3 is 2.58 bits per heavy atom. The lowest BCUT2D eigenvalue weighted by Crippen LogP contribution is -2.01. The number of hydrogen-bond donors (Lipinski definition) is 1. The van der Waals surface area contributed by atoms with Crippen molar-refractivity contribution in [3.05, 3.63) is 23.1 Å². The molecule has 0 saturated heterocycles. The number of anilines is 1. The first-order valence-electron chi connectivity index (χ1n) is 3.22. The van der Waals surface area contributed by atoms with Crippen molar-refractivity contribution in [3.8, 4) is 0 Å². The molecule has 1 aromatic rings. The molecule has 2 nitrogen and oxygen atoms in total. The van der Waals surface area contributed by atoms with Crippen molar-refractivity contribution in [1.82, 2.24) is 4.98 Å². The van der Waals surface area contributed by atoms with Gasteiger partial charge in [0.2, 0.25) is 0 Å². The van der Waals surface area contributed by atoms with Gasteiger partial charge in [0, 0.05) is 11.8 Å². The number of nitrogen functional groups attached to an aromatic ring is 1. The quantitative estimate of drug-likeness (QED) is 0.711. The van der Waals surface area contributed by atoms with E-state index in [1.807, 2.05) is 0 Å². The summed E-state index contributed by atoms with van der Waals surface area (Å²) in [5.41, 5.74) is 4.45. The van der Waals surface area contributed by atoms with E-state index >= 15 is 0 Å². The smallest absolute Gasteiger partial charge is 0.268 e. The van der Waals surface area contributed by atoms with Crippen LogP contribution in [-0.4, -0.2) is 4.98 Å². The lowest BCUT2D eigenvalue weighted by atomic mass is 10.2. The molecule has 1 rings (SSSR count). The number of aromatic nitrogens is 1. The molecule has 0 aromatic carbocycles. The molecule has 0 saturated carbocycles. The molecule has 1 aromatic heterocycles. The first kappa shape index (κ1) is 8.83. The van der Waals surface area contributed by atoms with Gasteiger partial charge in [-0.15, -0.1) is 0 Å². The van der Waals surface area contributed by atoms with E-state index in [4.69, 9.17) is 5.73 Å². The summed E-state index contributed by atoms with van der Waals surface area (Å²) in [7, 11) is 0. The minimum absolute atomic E-state index is 0.0344. The van der Waals surface area contributed by atoms with Crippen LogP contribution in [0.15, 0.2) is 6.20 Å². The number of alkyl halides is 2. The van der Waals surface area contributed by atoms with Crippen molar-refractivity contribution < 1.29 is 13.2 Å². The molecule has 0 unspecified atom stereocenters. The van der Waals surface area contributed by atoms with Crippen LogP contribution in [-0.2, 0) is 0 Å². The summed E-state index contributed by atoms with van der Waals surface area (Å²) in [6.45, 7) is 1.31. The van der Waals surface area contributed by atoms with E-state index in [0.717, 1.165) is 6.20 Å². The van der Waals surface area contributed by atoms with E-state index < -0.39 is 17.8 Å². The molecule has 0 atom stereocenters. The van der Waals surface area contributed by atoms with Crippen molar-refractivity contribution in [2.24, 2.45) is 0 Å². The Hall–Kier alpha value is -1.26. The second kappa shape index (κ2) is 3.00. The maximum absolute atomic E-state index is 12.9. The maximum atomic E-state index is 12.9. The summed E-state index contributed by atoms with van der Waals surface area (Å²) in [6.07, 6.45) is -2.10. The molecule has 0 aliphatic heterocycles. The zero-order valence-corrected chi connectivity index (χ0v) is 6.31. The Morgan fingerprint density at radius 1 is 1.50 bits per heavy atom. The summed E-state index contributed by atoms with van der Waals surface area (Å²) in [6, 6.07) is 0. The second-order valence-corrected chi connectivity index (χ2v) is 2.34. The van der Waals surface area contributed by atoms with Crippen LogP contribution in [0.2, 0.25) is 0 Å². The molecule has 2 N–H and O–H groups in total. The molecule has 0 fully saturated rings. The van der Waals surface area contributed by atoms with Gasteiger partial charge in [-0.3, -0.25) is 0 Å². The summed E-state index contributed by atoms with van der Waals surface area (Å²) in [5, 5.41) is 0. The van der Waals surface area contributed by atoms with Gasteiger partial charge in [-0.1, -0.05) is 0 Å². The normalized spacial score (nSPS) is 10.8. The fourth-order valence-electron chi connectivity index (χ4n) is 0.774. The monoisotopic (exact) mass is 176 g/mol. The maximum Gasteiger partial charge on any atom is 0.268 e. The molecule has 1 heterocycles. The first-order valence-corrected chi connectivity index (χ1v) is 3.22. The molecular formula is C7H7F3N2. The third-order valence-electron chi connectivity index (χ3n) is 1.54. The Kier molecular flexibility index (Phi) is 2.21. The summed E-state index contributed by atoms with van der Waals surface area (Å²) >= 11 is 0. The fourth-order valence-corrected chi connectivity index (χ4v) is 0.774. The number of halogens is 3. The minimum Gasteiger partial charge on any atom is -0.383 e. The van der Waals surface area contributed by atoms with Gasteiger partial charge in [-0.25, -0.2) is 18.2 Å². The van der Waals surface area contributed by atoms with Crippen LogP contribution < -0.4 is 5.73 Å². The number of nitrogens with two attached hydrogens (primary N) is 1. The van der Waals surface area contributed by atoms with Crippen LogP contribution in [0.3, 0.4) is 0 Å². The van der Waals surface area contributed by atoms with Crippen LogP contribution in [0.5, 0.6) is 0 Å². The second-order valence-electron chi connectivity index (χ2n) is 2.34. The molecule has 0 aliphatic rings. The fraction of sp³-hybridized carbons (Fsp3) is 0.286. The molecule has 5 heteroatoms. The Bertz CT molecular complexity index is 299. The van der Waals surface area contributed by atoms with Crippen LogP contribution in [0, 0.1) is 12.7 Å². The van der Waals surface area contributed by atoms with Gasteiger partial charge in [0.05, 0.1) is 5.56 Å². The molecule has 0 radical (unpaired) electrons. The number of pyridine rings is 1. The van der Waals surface area contributed by atoms with Gasteiger partial charge < -0.3 is 5.73 Å². The topological polar surface area (TPSA) is 38.9 Å².